The van der Waals surface area contributed by atoms with Crippen molar-refractivity contribution >= 4 is 23.5 Å². The van der Waals surface area contributed by atoms with Crippen LogP contribution < -0.4 is 14.8 Å². The van der Waals surface area contributed by atoms with Gasteiger partial charge in [-0.25, -0.2) is 0 Å². The van der Waals surface area contributed by atoms with Gasteiger partial charge in [0.1, 0.15) is 17.2 Å². The quantitative estimate of drug-likeness (QED) is 0.310. The number of benzene rings is 2. The van der Waals surface area contributed by atoms with Gasteiger partial charge >= 0.3 is 5.97 Å². The Bertz CT molecular complexity index is 1640. The highest BCUT2D eigenvalue weighted by atomic mass is 35.5. The molecule has 1 aliphatic carbocycles. The molecule has 5 rings (SSSR count). The average Bonchev–Trinajstić information content (AvgIpc) is 3.76. The van der Waals surface area contributed by atoms with Gasteiger partial charge in [0, 0.05) is 17.2 Å². The molecule has 0 radical (unpaired) electrons. The van der Waals surface area contributed by atoms with E-state index in [1.54, 1.807) is 36.4 Å². The Morgan fingerprint density at radius 3 is 1.29 bits per heavy atom. The van der Waals surface area contributed by atoms with Crippen molar-refractivity contribution in [3.8, 4) is 17.2 Å². The Balaban J connectivity index is 1.01. The van der Waals surface area contributed by atoms with Gasteiger partial charge in [0.25, 0.3) is 5.91 Å². The predicted molar refractivity (Wildman–Crippen MR) is 292 cm³/mol. The highest BCUT2D eigenvalue weighted by Crippen LogP contribution is 2.42. The Morgan fingerprint density at radius 1 is 0.543 bits per heavy atom. The number of carboxylic acids is 1. The van der Waals surface area contributed by atoms with Crippen LogP contribution in [0.2, 0.25) is 5.02 Å². The van der Waals surface area contributed by atoms with E-state index in [9.17, 15) is 14.7 Å². The van der Waals surface area contributed by atoms with Gasteiger partial charge in [-0.1, -0.05) is 262 Å². The summed E-state index contributed by atoms with van der Waals surface area (Å²) in [6.45, 7) is 0.885. The van der Waals surface area contributed by atoms with Crippen LogP contribution in [-0.4, -0.2) is 41.8 Å². The molecular weight excluding hydrogens is 890 g/mol. The number of hydrogen-bond donors (Lipinski definition) is 2. The van der Waals surface area contributed by atoms with Crippen molar-refractivity contribution in [1.82, 2.24) is 5.32 Å². The van der Waals surface area contributed by atoms with Crippen molar-refractivity contribution in [3.05, 3.63) is 52.5 Å². The molecule has 1 saturated carbocycles. The molecule has 2 unspecified atom stereocenters. The summed E-state index contributed by atoms with van der Waals surface area (Å²) in [4.78, 5) is 25.3. The third-order valence-electron chi connectivity index (χ3n) is 16.1. The van der Waals surface area contributed by atoms with Crippen LogP contribution >= 0.6 is 11.6 Å². The summed E-state index contributed by atoms with van der Waals surface area (Å²) in [6, 6.07) is 10.3. The van der Waals surface area contributed by atoms with Crippen molar-refractivity contribution in [3.63, 3.8) is 0 Å². The fraction of sp³-hybridized carbons (Fsp3) is 0.774. The fourth-order valence-electron chi connectivity index (χ4n) is 11.6. The Morgan fingerprint density at radius 2 is 0.914 bits per heavy atom. The third kappa shape index (κ3) is 23.8. The van der Waals surface area contributed by atoms with Gasteiger partial charge in [0.15, 0.2) is 0 Å². The van der Waals surface area contributed by atoms with Crippen molar-refractivity contribution in [1.29, 1.82) is 0 Å². The molecule has 2 aromatic rings. The number of amides is 1. The summed E-state index contributed by atoms with van der Waals surface area (Å²) >= 11 is 6.54. The Hall–Kier alpha value is -2.77. The van der Waals surface area contributed by atoms with Gasteiger partial charge in [-0.2, -0.15) is 0 Å². The van der Waals surface area contributed by atoms with E-state index < -0.39 is 11.9 Å². The van der Waals surface area contributed by atoms with Crippen molar-refractivity contribution in [2.75, 3.05) is 13.2 Å². The molecule has 3 aliphatic rings. The number of halogens is 1. The van der Waals surface area contributed by atoms with E-state index in [2.05, 4.69) is 5.32 Å². The van der Waals surface area contributed by atoms with Crippen LogP contribution in [0, 0.1) is 0 Å². The molecule has 7 nitrogen and oxygen atoms in total. The van der Waals surface area contributed by atoms with Crippen LogP contribution in [-0.2, 0) is 9.53 Å². The van der Waals surface area contributed by atoms with Crippen molar-refractivity contribution in [2.24, 2.45) is 0 Å². The average molecular weight is 991 g/mol. The number of rotatable bonds is 5. The minimum atomic E-state index is -0.893. The topological polar surface area (TPSA) is 94.1 Å². The standard InChI is InChI=1S/C62H100ClNO6/c63-57-48-56-55(61(66)67)44-47-68-58(56)49-59(57)70-54-42-40-52(41-43-54)60(65)64-53-50-62(69-51-53)45-38-36-34-32-30-28-26-24-22-20-18-16-14-12-10-8-6-4-2-1-3-5-7-9-11-13-15-17-19-21-23-25-27-29-31-33-35-37-39-46-62/h40-43,48-49,53,55H,1-39,44-47,50-51H2,(H,64,65)(H,66,67). The number of hydrogen-bond acceptors (Lipinski definition) is 5. The van der Waals surface area contributed by atoms with E-state index >= 15 is 0 Å². The molecule has 2 aliphatic heterocycles. The Labute approximate surface area is 432 Å². The first-order valence-electron chi connectivity index (χ1n) is 29.8. The maximum Gasteiger partial charge on any atom is 0.311 e. The minimum Gasteiger partial charge on any atom is -0.493 e. The predicted octanol–water partition coefficient (Wildman–Crippen LogP) is 19.3. The molecule has 2 heterocycles. The lowest BCUT2D eigenvalue weighted by Crippen LogP contribution is -2.36. The van der Waals surface area contributed by atoms with Crippen LogP contribution in [0.25, 0.3) is 0 Å². The molecule has 0 aromatic heterocycles. The van der Waals surface area contributed by atoms with Crippen LogP contribution in [0.1, 0.15) is 298 Å². The second-order valence-electron chi connectivity index (χ2n) is 22.1. The van der Waals surface area contributed by atoms with E-state index in [1.165, 1.54) is 250 Å². The number of fused-ring (bicyclic) bond motifs is 1. The highest BCUT2D eigenvalue weighted by molar-refractivity contribution is 6.32. The van der Waals surface area contributed by atoms with E-state index in [-0.39, 0.29) is 17.6 Å². The summed E-state index contributed by atoms with van der Waals surface area (Å²) in [5, 5.41) is 13.3. The second kappa shape index (κ2) is 36.2. The van der Waals surface area contributed by atoms with E-state index in [1.807, 2.05) is 0 Å². The maximum atomic E-state index is 13.6. The van der Waals surface area contributed by atoms with Gasteiger partial charge in [0.05, 0.1) is 35.8 Å². The molecule has 1 spiro atoms. The first kappa shape index (κ1) is 58.1. The molecule has 1 amide bonds. The van der Waals surface area contributed by atoms with Gasteiger partial charge in [0.2, 0.25) is 0 Å². The molecule has 2 fully saturated rings. The largest absolute Gasteiger partial charge is 0.493 e. The van der Waals surface area contributed by atoms with Gasteiger partial charge < -0.3 is 24.6 Å². The zero-order valence-electron chi connectivity index (χ0n) is 44.3. The van der Waals surface area contributed by atoms with E-state index in [4.69, 9.17) is 25.8 Å². The molecule has 0 bridgehead atoms. The lowest BCUT2D eigenvalue weighted by atomic mass is 9.86. The first-order valence-corrected chi connectivity index (χ1v) is 30.2. The van der Waals surface area contributed by atoms with Crippen molar-refractivity contribution in [2.45, 2.75) is 294 Å². The molecule has 2 atom stereocenters. The van der Waals surface area contributed by atoms with E-state index in [0.717, 1.165) is 19.3 Å². The molecule has 70 heavy (non-hydrogen) atoms. The van der Waals surface area contributed by atoms with Gasteiger partial charge in [-0.3, -0.25) is 9.59 Å². The molecule has 396 valence electrons. The number of nitrogens with one attached hydrogen (secondary N) is 1. The maximum absolute atomic E-state index is 13.6. The molecule has 8 heteroatoms. The zero-order valence-corrected chi connectivity index (χ0v) is 45.1. The van der Waals surface area contributed by atoms with Crippen LogP contribution in [0.4, 0.5) is 0 Å². The second-order valence-corrected chi connectivity index (χ2v) is 22.5. The monoisotopic (exact) mass is 990 g/mol. The molecule has 2 N–H and O–H groups in total. The van der Waals surface area contributed by atoms with Gasteiger partial charge in [-0.05, 0) is 56.0 Å². The normalized spacial score (nSPS) is 23.6. The van der Waals surface area contributed by atoms with Gasteiger partial charge in [-0.15, -0.1) is 0 Å². The summed E-state index contributed by atoms with van der Waals surface area (Å²) < 4.78 is 18.6. The number of carbonyl (C=O) groups excluding carboxylic acids is 1. The minimum absolute atomic E-state index is 0.00909. The van der Waals surface area contributed by atoms with Crippen LogP contribution in [0.3, 0.4) is 0 Å². The summed E-state index contributed by atoms with van der Waals surface area (Å²) in [7, 11) is 0. The SMILES string of the molecule is O=C(NC1COC2(CCCCCCCCCCCCCCCCCCCCCCCCCCCCCCCCCCCCCCCCC2)C1)c1ccc(Oc2cc3c(cc2Cl)C(C(=O)O)CCO3)cc1. The lowest BCUT2D eigenvalue weighted by Gasteiger charge is -2.29. The zero-order chi connectivity index (χ0) is 49.2. The smallest absolute Gasteiger partial charge is 0.311 e. The Kier molecular flexibility index (Phi) is 30.1. The van der Waals surface area contributed by atoms with E-state index in [0.29, 0.717) is 53.0 Å². The highest BCUT2D eigenvalue weighted by Gasteiger charge is 2.40. The number of aliphatic carboxylic acids is 1. The first-order chi connectivity index (χ1) is 34.4. The summed E-state index contributed by atoms with van der Waals surface area (Å²) in [5.74, 6) is -0.275. The number of carboxylic acid groups (broad SMARTS) is 1. The fourth-order valence-corrected chi connectivity index (χ4v) is 11.9. The molecule has 2 aromatic carbocycles. The van der Waals surface area contributed by atoms with Crippen molar-refractivity contribution < 1.29 is 28.9 Å². The summed E-state index contributed by atoms with van der Waals surface area (Å²) in [6.07, 6.45) is 58.2. The number of ether oxygens (including phenoxy) is 3. The molecular formula is C62H100ClNO6. The number of carbonyl (C=O) groups is 2. The molecule has 1 saturated heterocycles. The van der Waals surface area contributed by atoms with Crippen LogP contribution in [0.15, 0.2) is 36.4 Å². The third-order valence-corrected chi connectivity index (χ3v) is 16.4. The lowest BCUT2D eigenvalue weighted by molar-refractivity contribution is -0.139. The van der Waals surface area contributed by atoms with Crippen LogP contribution in [0.5, 0.6) is 17.2 Å². The summed E-state index contributed by atoms with van der Waals surface area (Å²) in [5.41, 5.74) is 0.979.